The minimum Gasteiger partial charge on any atom is -0.497 e. The molecule has 2 aromatic rings. The third-order valence-corrected chi connectivity index (χ3v) is 3.46. The van der Waals surface area contributed by atoms with E-state index in [1.165, 1.54) is 11.1 Å². The molecule has 0 saturated heterocycles. The van der Waals surface area contributed by atoms with Gasteiger partial charge in [0.05, 0.1) is 13.2 Å². The van der Waals surface area contributed by atoms with Crippen LogP contribution in [-0.2, 0) is 4.74 Å². The van der Waals surface area contributed by atoms with Gasteiger partial charge in [0.2, 0.25) is 0 Å². The molecule has 0 radical (unpaired) electrons. The maximum absolute atomic E-state index is 5.23. The summed E-state index contributed by atoms with van der Waals surface area (Å²) in [5.74, 6) is 0.880. The van der Waals surface area contributed by atoms with Crippen molar-refractivity contribution in [3.63, 3.8) is 0 Å². The van der Waals surface area contributed by atoms with Gasteiger partial charge in [-0.15, -0.1) is 0 Å². The van der Waals surface area contributed by atoms with Gasteiger partial charge in [-0.1, -0.05) is 42.5 Å². The van der Waals surface area contributed by atoms with Crippen molar-refractivity contribution in [3.05, 3.63) is 65.7 Å². The Hall–Kier alpha value is -1.84. The number of nitrogens with one attached hydrogen (secondary N) is 1. The van der Waals surface area contributed by atoms with E-state index in [1.807, 2.05) is 18.2 Å². The van der Waals surface area contributed by atoms with Gasteiger partial charge in [-0.05, 0) is 36.2 Å². The second kappa shape index (κ2) is 8.45. The lowest BCUT2D eigenvalue weighted by molar-refractivity contribution is 0.193. The SMILES string of the molecule is COCCCNC(c1ccccc1)c1ccc(OC)cc1. The summed E-state index contributed by atoms with van der Waals surface area (Å²) in [7, 11) is 3.42. The molecule has 0 fully saturated rings. The molecule has 1 unspecified atom stereocenters. The largest absolute Gasteiger partial charge is 0.497 e. The number of methoxy groups -OCH3 is 2. The first-order valence-electron chi connectivity index (χ1n) is 7.26. The molecule has 112 valence electrons. The van der Waals surface area contributed by atoms with Crippen LogP contribution in [-0.4, -0.2) is 27.4 Å². The van der Waals surface area contributed by atoms with Crippen molar-refractivity contribution in [1.82, 2.24) is 5.32 Å². The molecule has 0 saturated carbocycles. The molecule has 0 aliphatic heterocycles. The summed E-state index contributed by atoms with van der Waals surface area (Å²) in [6, 6.07) is 18.9. The lowest BCUT2D eigenvalue weighted by atomic mass is 9.98. The van der Waals surface area contributed by atoms with E-state index in [0.717, 1.165) is 25.3 Å². The van der Waals surface area contributed by atoms with Gasteiger partial charge in [0.15, 0.2) is 0 Å². The van der Waals surface area contributed by atoms with E-state index < -0.39 is 0 Å². The first-order valence-corrected chi connectivity index (χ1v) is 7.26. The van der Waals surface area contributed by atoms with Crippen molar-refractivity contribution in [3.8, 4) is 5.75 Å². The molecule has 3 nitrogen and oxygen atoms in total. The zero-order chi connectivity index (χ0) is 14.9. The minimum atomic E-state index is 0.189. The van der Waals surface area contributed by atoms with E-state index in [4.69, 9.17) is 9.47 Å². The summed E-state index contributed by atoms with van der Waals surface area (Å²) in [6.45, 7) is 1.69. The average molecular weight is 285 g/mol. The number of rotatable bonds is 8. The normalized spacial score (nSPS) is 12.1. The van der Waals surface area contributed by atoms with E-state index in [9.17, 15) is 0 Å². The highest BCUT2D eigenvalue weighted by molar-refractivity contribution is 5.35. The lowest BCUT2D eigenvalue weighted by Gasteiger charge is -2.20. The maximum Gasteiger partial charge on any atom is 0.118 e. The van der Waals surface area contributed by atoms with E-state index >= 15 is 0 Å². The smallest absolute Gasteiger partial charge is 0.118 e. The standard InChI is InChI=1S/C18H23NO2/c1-20-14-6-13-19-18(15-7-4-3-5-8-15)16-9-11-17(21-2)12-10-16/h3-5,7-12,18-19H,6,13-14H2,1-2H3. The fourth-order valence-electron chi connectivity index (χ4n) is 2.33. The molecule has 0 bridgehead atoms. The molecule has 0 aliphatic rings. The Labute approximate surface area is 126 Å². The second-order valence-corrected chi connectivity index (χ2v) is 4.92. The molecule has 2 rings (SSSR count). The van der Waals surface area contributed by atoms with Crippen LogP contribution in [0.5, 0.6) is 5.75 Å². The summed E-state index contributed by atoms with van der Waals surface area (Å²) in [6.07, 6.45) is 0.996. The molecule has 0 aliphatic carbocycles. The van der Waals surface area contributed by atoms with Gasteiger partial charge in [0.1, 0.15) is 5.75 Å². The van der Waals surface area contributed by atoms with Gasteiger partial charge in [-0.25, -0.2) is 0 Å². The molecule has 1 N–H and O–H groups in total. The number of benzene rings is 2. The van der Waals surface area contributed by atoms with Crippen LogP contribution in [0.1, 0.15) is 23.6 Å². The van der Waals surface area contributed by atoms with E-state index in [2.05, 4.69) is 41.7 Å². The van der Waals surface area contributed by atoms with Crippen LogP contribution in [0.15, 0.2) is 54.6 Å². The zero-order valence-corrected chi connectivity index (χ0v) is 12.7. The topological polar surface area (TPSA) is 30.5 Å². The van der Waals surface area contributed by atoms with Crippen LogP contribution in [0.25, 0.3) is 0 Å². The van der Waals surface area contributed by atoms with Crippen molar-refractivity contribution < 1.29 is 9.47 Å². The predicted molar refractivity (Wildman–Crippen MR) is 85.8 cm³/mol. The van der Waals surface area contributed by atoms with Crippen LogP contribution >= 0.6 is 0 Å². The number of hydrogen-bond acceptors (Lipinski definition) is 3. The van der Waals surface area contributed by atoms with Gasteiger partial charge in [-0.3, -0.25) is 0 Å². The van der Waals surface area contributed by atoms with E-state index in [0.29, 0.717) is 0 Å². The van der Waals surface area contributed by atoms with Crippen LogP contribution in [0.3, 0.4) is 0 Å². The van der Waals surface area contributed by atoms with Gasteiger partial charge in [0.25, 0.3) is 0 Å². The Kier molecular flexibility index (Phi) is 6.25. The Balaban J connectivity index is 2.14. The summed E-state index contributed by atoms with van der Waals surface area (Å²) in [5.41, 5.74) is 2.50. The molecule has 0 amide bonds. The van der Waals surface area contributed by atoms with Crippen molar-refractivity contribution in [2.24, 2.45) is 0 Å². The quantitative estimate of drug-likeness (QED) is 0.754. The highest BCUT2D eigenvalue weighted by atomic mass is 16.5. The highest BCUT2D eigenvalue weighted by Crippen LogP contribution is 2.24. The molecule has 0 spiro atoms. The van der Waals surface area contributed by atoms with Gasteiger partial charge >= 0.3 is 0 Å². The van der Waals surface area contributed by atoms with Crippen LogP contribution in [0, 0.1) is 0 Å². The number of ether oxygens (including phenoxy) is 2. The third kappa shape index (κ3) is 4.59. The summed E-state index contributed by atoms with van der Waals surface area (Å²) in [4.78, 5) is 0. The zero-order valence-electron chi connectivity index (χ0n) is 12.7. The van der Waals surface area contributed by atoms with Crippen LogP contribution in [0.4, 0.5) is 0 Å². The molecular formula is C18H23NO2. The molecule has 21 heavy (non-hydrogen) atoms. The Morgan fingerprint density at radius 3 is 2.19 bits per heavy atom. The van der Waals surface area contributed by atoms with Crippen LogP contribution in [0.2, 0.25) is 0 Å². The first-order chi connectivity index (χ1) is 10.3. The first kappa shape index (κ1) is 15.5. The lowest BCUT2D eigenvalue weighted by Crippen LogP contribution is -2.24. The summed E-state index contributed by atoms with van der Waals surface area (Å²) in [5, 5.41) is 3.60. The second-order valence-electron chi connectivity index (χ2n) is 4.92. The van der Waals surface area contributed by atoms with Crippen LogP contribution < -0.4 is 10.1 Å². The molecule has 2 aromatic carbocycles. The van der Waals surface area contributed by atoms with Crippen molar-refractivity contribution in [1.29, 1.82) is 0 Å². The van der Waals surface area contributed by atoms with Gasteiger partial charge in [-0.2, -0.15) is 0 Å². The molecule has 0 aromatic heterocycles. The van der Waals surface area contributed by atoms with Gasteiger partial charge in [0, 0.05) is 13.7 Å². The van der Waals surface area contributed by atoms with Gasteiger partial charge < -0.3 is 14.8 Å². The maximum atomic E-state index is 5.23. The Bertz CT molecular complexity index is 511. The number of hydrogen-bond donors (Lipinski definition) is 1. The van der Waals surface area contributed by atoms with E-state index in [-0.39, 0.29) is 6.04 Å². The Morgan fingerprint density at radius 2 is 1.57 bits per heavy atom. The van der Waals surface area contributed by atoms with Crippen molar-refractivity contribution >= 4 is 0 Å². The van der Waals surface area contributed by atoms with E-state index in [1.54, 1.807) is 14.2 Å². The van der Waals surface area contributed by atoms with Crippen molar-refractivity contribution in [2.45, 2.75) is 12.5 Å². The molecule has 0 heterocycles. The third-order valence-electron chi connectivity index (χ3n) is 3.46. The fraction of sp³-hybridized carbons (Fsp3) is 0.333. The summed E-state index contributed by atoms with van der Waals surface area (Å²) < 4.78 is 10.3. The molecular weight excluding hydrogens is 262 g/mol. The summed E-state index contributed by atoms with van der Waals surface area (Å²) >= 11 is 0. The van der Waals surface area contributed by atoms with Crippen molar-refractivity contribution in [2.75, 3.05) is 27.4 Å². The monoisotopic (exact) mass is 285 g/mol. The average Bonchev–Trinajstić information content (AvgIpc) is 2.56. The minimum absolute atomic E-state index is 0.189. The molecule has 3 heteroatoms. The Morgan fingerprint density at radius 1 is 0.905 bits per heavy atom. The fourth-order valence-corrected chi connectivity index (χ4v) is 2.33. The highest BCUT2D eigenvalue weighted by Gasteiger charge is 2.13. The molecule has 1 atom stereocenters. The predicted octanol–water partition coefficient (Wildman–Crippen LogP) is 3.41.